The first-order valence-electron chi connectivity index (χ1n) is 8.40. The molecule has 2 nitrogen and oxygen atoms in total. The highest BCUT2D eigenvalue weighted by Crippen LogP contribution is 2.21. The third kappa shape index (κ3) is 4.24. The van der Waals surface area contributed by atoms with E-state index < -0.39 is 0 Å². The molecule has 0 amide bonds. The van der Waals surface area contributed by atoms with E-state index in [0.29, 0.717) is 0 Å². The van der Waals surface area contributed by atoms with Gasteiger partial charge in [-0.1, -0.05) is 39.0 Å². The van der Waals surface area contributed by atoms with Crippen LogP contribution in [-0.4, -0.2) is 42.1 Å². The van der Waals surface area contributed by atoms with Gasteiger partial charge in [0.25, 0.3) is 0 Å². The zero-order valence-electron chi connectivity index (χ0n) is 12.4. The zero-order valence-corrected chi connectivity index (χ0v) is 12.4. The molecular formula is C16H32N2. The van der Waals surface area contributed by atoms with Gasteiger partial charge in [-0.05, 0) is 58.3 Å². The molecule has 0 unspecified atom stereocenters. The largest absolute Gasteiger partial charge is 0.288 e. The predicted molar refractivity (Wildman–Crippen MR) is 78.8 cm³/mol. The molecule has 0 spiro atoms. The lowest BCUT2D eigenvalue weighted by Crippen LogP contribution is -2.49. The highest BCUT2D eigenvalue weighted by molar-refractivity contribution is 4.77. The van der Waals surface area contributed by atoms with E-state index in [1.165, 1.54) is 90.4 Å². The molecule has 0 aliphatic carbocycles. The van der Waals surface area contributed by atoms with Gasteiger partial charge in [-0.15, -0.1) is 0 Å². The Morgan fingerprint density at radius 1 is 0.667 bits per heavy atom. The Morgan fingerprint density at radius 2 is 1.06 bits per heavy atom. The number of rotatable bonds is 4. The van der Waals surface area contributed by atoms with Crippen LogP contribution in [-0.2, 0) is 0 Å². The normalized spacial score (nSPS) is 25.0. The summed E-state index contributed by atoms with van der Waals surface area (Å²) in [6, 6.07) is 0. The van der Waals surface area contributed by atoms with Crippen LogP contribution in [0.1, 0.15) is 71.1 Å². The van der Waals surface area contributed by atoms with Crippen molar-refractivity contribution in [2.45, 2.75) is 77.3 Å². The van der Waals surface area contributed by atoms with E-state index in [0.717, 1.165) is 6.17 Å². The average molecular weight is 252 g/mol. The first-order valence-corrected chi connectivity index (χ1v) is 8.40. The van der Waals surface area contributed by atoms with Crippen LogP contribution in [0.5, 0.6) is 0 Å². The summed E-state index contributed by atoms with van der Waals surface area (Å²) in [5.41, 5.74) is 0. The Bertz CT molecular complexity index is 181. The zero-order chi connectivity index (χ0) is 12.6. The highest BCUT2D eigenvalue weighted by atomic mass is 15.3. The molecule has 0 N–H and O–H groups in total. The molecule has 0 radical (unpaired) electrons. The monoisotopic (exact) mass is 252 g/mol. The molecule has 2 fully saturated rings. The van der Waals surface area contributed by atoms with Crippen LogP contribution in [0.3, 0.4) is 0 Å². The SMILES string of the molecule is CCCC(N1CCCCCC1)N1CCCCCC1. The fourth-order valence-electron chi connectivity index (χ4n) is 3.64. The second kappa shape index (κ2) is 8.16. The predicted octanol–water partition coefficient (Wildman–Crippen LogP) is 3.86. The average Bonchev–Trinajstić information content (AvgIpc) is 2.80. The number of nitrogens with zero attached hydrogens (tertiary/aromatic N) is 2. The Labute approximate surface area is 114 Å². The molecule has 2 aliphatic heterocycles. The van der Waals surface area contributed by atoms with Gasteiger partial charge in [0, 0.05) is 0 Å². The maximum Gasteiger partial charge on any atom is 0.0622 e. The van der Waals surface area contributed by atoms with Crippen molar-refractivity contribution in [1.29, 1.82) is 0 Å². The maximum absolute atomic E-state index is 2.81. The van der Waals surface area contributed by atoms with Crippen LogP contribution in [0.2, 0.25) is 0 Å². The van der Waals surface area contributed by atoms with E-state index in [2.05, 4.69) is 16.7 Å². The third-order valence-electron chi connectivity index (χ3n) is 4.67. The van der Waals surface area contributed by atoms with Gasteiger partial charge in [-0.25, -0.2) is 0 Å². The van der Waals surface area contributed by atoms with Crippen molar-refractivity contribution in [2.24, 2.45) is 0 Å². The van der Waals surface area contributed by atoms with Crippen molar-refractivity contribution in [3.8, 4) is 0 Å². The number of hydrogen-bond acceptors (Lipinski definition) is 2. The fraction of sp³-hybridized carbons (Fsp3) is 1.00. The minimum absolute atomic E-state index is 0.756. The Balaban J connectivity index is 1.95. The molecule has 0 aromatic rings. The molecule has 2 heterocycles. The molecule has 0 aromatic heterocycles. The Kier molecular flexibility index (Phi) is 6.50. The quantitative estimate of drug-likeness (QED) is 0.749. The lowest BCUT2D eigenvalue weighted by atomic mass is 10.2. The lowest BCUT2D eigenvalue weighted by molar-refractivity contribution is 0.0393. The molecule has 0 atom stereocenters. The van der Waals surface area contributed by atoms with E-state index in [9.17, 15) is 0 Å². The number of likely N-dealkylation sites (tertiary alicyclic amines) is 2. The standard InChI is InChI=1S/C16H32N2/c1-2-11-16(17-12-7-3-4-8-13-17)18-14-9-5-6-10-15-18/h16H,2-15H2,1H3. The Morgan fingerprint density at radius 3 is 1.39 bits per heavy atom. The van der Waals surface area contributed by atoms with Gasteiger partial charge >= 0.3 is 0 Å². The first-order chi connectivity index (χ1) is 8.92. The highest BCUT2D eigenvalue weighted by Gasteiger charge is 2.25. The summed E-state index contributed by atoms with van der Waals surface area (Å²) in [6.07, 6.45) is 15.0. The summed E-state index contributed by atoms with van der Waals surface area (Å²) in [6.45, 7) is 7.74. The fourth-order valence-corrected chi connectivity index (χ4v) is 3.64. The van der Waals surface area contributed by atoms with Crippen molar-refractivity contribution in [2.75, 3.05) is 26.2 Å². The van der Waals surface area contributed by atoms with E-state index in [1.807, 2.05) is 0 Å². The summed E-state index contributed by atoms with van der Waals surface area (Å²) >= 11 is 0. The topological polar surface area (TPSA) is 6.48 Å². The number of hydrogen-bond donors (Lipinski definition) is 0. The van der Waals surface area contributed by atoms with Gasteiger partial charge in [0.05, 0.1) is 6.17 Å². The summed E-state index contributed by atoms with van der Waals surface area (Å²) in [5, 5.41) is 0. The van der Waals surface area contributed by atoms with Crippen LogP contribution in [0.15, 0.2) is 0 Å². The van der Waals surface area contributed by atoms with Crippen LogP contribution in [0, 0.1) is 0 Å². The molecule has 18 heavy (non-hydrogen) atoms. The minimum atomic E-state index is 0.756. The van der Waals surface area contributed by atoms with Gasteiger partial charge in [0.2, 0.25) is 0 Å². The smallest absolute Gasteiger partial charge is 0.0622 e. The second-order valence-corrected chi connectivity index (χ2v) is 6.17. The van der Waals surface area contributed by atoms with Crippen molar-refractivity contribution < 1.29 is 0 Å². The summed E-state index contributed by atoms with van der Waals surface area (Å²) in [4.78, 5) is 5.61. The Hall–Kier alpha value is -0.0800. The molecule has 2 heteroatoms. The van der Waals surface area contributed by atoms with E-state index in [4.69, 9.17) is 0 Å². The molecule has 2 saturated heterocycles. The molecule has 2 aliphatic rings. The summed E-state index contributed by atoms with van der Waals surface area (Å²) in [7, 11) is 0. The molecular weight excluding hydrogens is 220 g/mol. The van der Waals surface area contributed by atoms with Crippen LogP contribution >= 0.6 is 0 Å². The van der Waals surface area contributed by atoms with Crippen molar-refractivity contribution in [3.05, 3.63) is 0 Å². The third-order valence-corrected chi connectivity index (χ3v) is 4.67. The first kappa shape index (κ1) is 14.3. The van der Waals surface area contributed by atoms with Gasteiger partial charge < -0.3 is 0 Å². The maximum atomic E-state index is 2.81. The van der Waals surface area contributed by atoms with E-state index >= 15 is 0 Å². The molecule has 0 aromatic carbocycles. The van der Waals surface area contributed by atoms with Gasteiger partial charge in [-0.3, -0.25) is 9.80 Å². The van der Waals surface area contributed by atoms with E-state index in [-0.39, 0.29) is 0 Å². The van der Waals surface area contributed by atoms with Crippen molar-refractivity contribution >= 4 is 0 Å². The van der Waals surface area contributed by atoms with Crippen LogP contribution in [0.25, 0.3) is 0 Å². The molecule has 2 rings (SSSR count). The van der Waals surface area contributed by atoms with Gasteiger partial charge in [-0.2, -0.15) is 0 Å². The molecule has 106 valence electrons. The van der Waals surface area contributed by atoms with Crippen LogP contribution < -0.4 is 0 Å². The molecule has 0 saturated carbocycles. The lowest BCUT2D eigenvalue weighted by Gasteiger charge is -2.39. The second-order valence-electron chi connectivity index (χ2n) is 6.17. The van der Waals surface area contributed by atoms with Gasteiger partial charge in [0.15, 0.2) is 0 Å². The minimum Gasteiger partial charge on any atom is -0.288 e. The van der Waals surface area contributed by atoms with Crippen LogP contribution in [0.4, 0.5) is 0 Å². The summed E-state index contributed by atoms with van der Waals surface area (Å²) < 4.78 is 0. The van der Waals surface area contributed by atoms with Crippen molar-refractivity contribution in [1.82, 2.24) is 9.80 Å². The van der Waals surface area contributed by atoms with Crippen molar-refractivity contribution in [3.63, 3.8) is 0 Å². The van der Waals surface area contributed by atoms with Gasteiger partial charge in [0.1, 0.15) is 0 Å². The summed E-state index contributed by atoms with van der Waals surface area (Å²) in [5.74, 6) is 0. The van der Waals surface area contributed by atoms with E-state index in [1.54, 1.807) is 0 Å². The molecule has 0 bridgehead atoms.